The summed E-state index contributed by atoms with van der Waals surface area (Å²) in [6.07, 6.45) is 0. The lowest BCUT2D eigenvalue weighted by molar-refractivity contribution is -0.113. The Hall–Kier alpha value is -2.43. The molecule has 7 nitrogen and oxygen atoms in total. The Morgan fingerprint density at radius 1 is 1.16 bits per heavy atom. The summed E-state index contributed by atoms with van der Waals surface area (Å²) in [4.78, 5) is 17.0. The molecule has 3 rings (SSSR count). The maximum atomic E-state index is 13.3. The van der Waals surface area contributed by atoms with Crippen LogP contribution in [0.3, 0.4) is 0 Å². The summed E-state index contributed by atoms with van der Waals surface area (Å²) in [5, 5.41) is 3.27. The molecular formula is C21H25FN4O3S2. The molecule has 0 aliphatic heterocycles. The van der Waals surface area contributed by atoms with Crippen molar-refractivity contribution in [3.05, 3.63) is 48.3 Å². The number of rotatable bonds is 9. The van der Waals surface area contributed by atoms with Crippen molar-refractivity contribution >= 4 is 44.4 Å². The van der Waals surface area contributed by atoms with Gasteiger partial charge in [-0.15, -0.1) is 0 Å². The third-order valence-electron chi connectivity index (χ3n) is 4.78. The zero-order chi connectivity index (χ0) is 22.6. The van der Waals surface area contributed by atoms with E-state index in [9.17, 15) is 17.6 Å². The molecule has 0 unspecified atom stereocenters. The van der Waals surface area contributed by atoms with Gasteiger partial charge in [-0.25, -0.2) is 17.8 Å². The van der Waals surface area contributed by atoms with E-state index in [1.165, 1.54) is 34.3 Å². The number of aromatic nitrogens is 2. The molecule has 0 saturated heterocycles. The van der Waals surface area contributed by atoms with Crippen LogP contribution < -0.4 is 5.32 Å². The van der Waals surface area contributed by atoms with E-state index in [2.05, 4.69) is 10.3 Å². The highest BCUT2D eigenvalue weighted by molar-refractivity contribution is 7.99. The normalized spacial score (nSPS) is 11.9. The molecule has 10 heteroatoms. The minimum atomic E-state index is -3.58. The van der Waals surface area contributed by atoms with Gasteiger partial charge in [0.25, 0.3) is 0 Å². The molecule has 0 fully saturated rings. The first-order chi connectivity index (χ1) is 14.8. The summed E-state index contributed by atoms with van der Waals surface area (Å²) in [6, 6.07) is 10.6. The molecule has 1 aromatic heterocycles. The number of amides is 1. The maximum Gasteiger partial charge on any atom is 0.243 e. The van der Waals surface area contributed by atoms with Gasteiger partial charge in [-0.05, 0) is 43.3 Å². The topological polar surface area (TPSA) is 84.3 Å². The fraction of sp³-hybridized carbons (Fsp3) is 0.333. The number of anilines is 1. The lowest BCUT2D eigenvalue weighted by atomic mass is 10.3. The number of imidazole rings is 1. The summed E-state index contributed by atoms with van der Waals surface area (Å²) in [6.45, 7) is 6.96. The second-order valence-electron chi connectivity index (χ2n) is 6.73. The number of halogens is 1. The number of carbonyl (C=O) groups excluding carboxylic acids is 1. The molecule has 1 amide bonds. The van der Waals surface area contributed by atoms with E-state index in [0.29, 0.717) is 36.0 Å². The fourth-order valence-corrected chi connectivity index (χ4v) is 5.63. The van der Waals surface area contributed by atoms with Gasteiger partial charge in [0, 0.05) is 25.3 Å². The molecule has 0 bridgehead atoms. The van der Waals surface area contributed by atoms with Gasteiger partial charge in [0.2, 0.25) is 15.9 Å². The first-order valence-corrected chi connectivity index (χ1v) is 12.4. The monoisotopic (exact) mass is 464 g/mol. The van der Waals surface area contributed by atoms with Gasteiger partial charge < -0.3 is 9.88 Å². The Kier molecular flexibility index (Phi) is 7.34. The summed E-state index contributed by atoms with van der Waals surface area (Å²) in [7, 11) is -3.58. The number of sulfonamides is 1. The number of benzene rings is 2. The molecule has 2 aromatic carbocycles. The highest BCUT2D eigenvalue weighted by atomic mass is 32.2. The number of aryl methyl sites for hydroxylation is 1. The van der Waals surface area contributed by atoms with Crippen LogP contribution in [0.1, 0.15) is 20.8 Å². The van der Waals surface area contributed by atoms with Crippen molar-refractivity contribution in [2.24, 2.45) is 0 Å². The van der Waals surface area contributed by atoms with Crippen LogP contribution in [0.4, 0.5) is 10.1 Å². The first-order valence-electron chi connectivity index (χ1n) is 9.98. The van der Waals surface area contributed by atoms with Crippen molar-refractivity contribution in [2.45, 2.75) is 37.4 Å². The second kappa shape index (κ2) is 9.80. The third-order valence-corrected chi connectivity index (χ3v) is 7.81. The van der Waals surface area contributed by atoms with Crippen LogP contribution in [-0.4, -0.2) is 47.0 Å². The van der Waals surface area contributed by atoms with E-state index in [-0.39, 0.29) is 16.6 Å². The highest BCUT2D eigenvalue weighted by Crippen LogP contribution is 2.27. The van der Waals surface area contributed by atoms with Crippen molar-refractivity contribution in [1.82, 2.24) is 13.9 Å². The molecule has 3 aromatic rings. The van der Waals surface area contributed by atoms with Gasteiger partial charge in [-0.1, -0.05) is 31.7 Å². The van der Waals surface area contributed by atoms with Crippen molar-refractivity contribution in [3.8, 4) is 0 Å². The number of hydrogen-bond donors (Lipinski definition) is 1. The van der Waals surface area contributed by atoms with Gasteiger partial charge >= 0.3 is 0 Å². The largest absolute Gasteiger partial charge is 0.325 e. The maximum absolute atomic E-state index is 13.3. The Labute approximate surface area is 185 Å². The van der Waals surface area contributed by atoms with Gasteiger partial charge in [0.1, 0.15) is 5.82 Å². The van der Waals surface area contributed by atoms with Crippen LogP contribution in [0.5, 0.6) is 0 Å². The fourth-order valence-electron chi connectivity index (χ4n) is 3.27. The summed E-state index contributed by atoms with van der Waals surface area (Å²) in [5.41, 5.74) is 1.75. The number of nitrogens with zero attached hydrogens (tertiary/aromatic N) is 3. The molecule has 0 atom stereocenters. The van der Waals surface area contributed by atoms with Crippen molar-refractivity contribution < 1.29 is 17.6 Å². The van der Waals surface area contributed by atoms with Crippen LogP contribution in [0, 0.1) is 5.82 Å². The van der Waals surface area contributed by atoms with Gasteiger partial charge in [0.15, 0.2) is 5.16 Å². The molecule has 0 radical (unpaired) electrons. The highest BCUT2D eigenvalue weighted by Gasteiger charge is 2.23. The number of nitrogens with one attached hydrogen (secondary N) is 1. The molecule has 166 valence electrons. The van der Waals surface area contributed by atoms with E-state index in [1.54, 1.807) is 38.1 Å². The van der Waals surface area contributed by atoms with Crippen LogP contribution in [0.25, 0.3) is 11.0 Å². The zero-order valence-electron chi connectivity index (χ0n) is 17.6. The van der Waals surface area contributed by atoms with Crippen molar-refractivity contribution in [3.63, 3.8) is 0 Å². The second-order valence-corrected chi connectivity index (χ2v) is 9.61. The lowest BCUT2D eigenvalue weighted by Crippen LogP contribution is -2.30. The quantitative estimate of drug-likeness (QED) is 0.485. The van der Waals surface area contributed by atoms with Gasteiger partial charge in [-0.2, -0.15) is 4.31 Å². The van der Waals surface area contributed by atoms with E-state index in [0.717, 1.165) is 5.52 Å². The van der Waals surface area contributed by atoms with Gasteiger partial charge in [0.05, 0.1) is 21.7 Å². The Bertz CT molecular complexity index is 1190. The molecule has 0 saturated carbocycles. The number of thioether (sulfide) groups is 1. The van der Waals surface area contributed by atoms with E-state index < -0.39 is 15.8 Å². The standard InChI is InChI=1S/C21H25FN4O3S2/c1-4-25(5-2)31(28,29)17-10-11-19-18(13-17)24-21(26(19)6-3)30-14-20(27)23-16-9-7-8-15(22)12-16/h7-13H,4-6,14H2,1-3H3,(H,23,27). The Balaban J connectivity index is 1.82. The summed E-state index contributed by atoms with van der Waals surface area (Å²) >= 11 is 1.24. The van der Waals surface area contributed by atoms with Crippen LogP contribution in [0.2, 0.25) is 0 Å². The molecule has 31 heavy (non-hydrogen) atoms. The number of carbonyl (C=O) groups is 1. The molecule has 1 heterocycles. The predicted octanol–water partition coefficient (Wildman–Crippen LogP) is 3.96. The van der Waals surface area contributed by atoms with Crippen LogP contribution in [0.15, 0.2) is 52.5 Å². The molecule has 1 N–H and O–H groups in total. The predicted molar refractivity (Wildman–Crippen MR) is 121 cm³/mol. The molecule has 0 spiro atoms. The zero-order valence-corrected chi connectivity index (χ0v) is 19.3. The number of hydrogen-bond acceptors (Lipinski definition) is 5. The first kappa shape index (κ1) is 23.2. The molecular weight excluding hydrogens is 439 g/mol. The van der Waals surface area contributed by atoms with Crippen LogP contribution >= 0.6 is 11.8 Å². The van der Waals surface area contributed by atoms with Crippen molar-refractivity contribution in [1.29, 1.82) is 0 Å². The molecule has 0 aliphatic carbocycles. The van der Waals surface area contributed by atoms with E-state index in [1.807, 2.05) is 11.5 Å². The minimum absolute atomic E-state index is 0.0877. The Morgan fingerprint density at radius 2 is 1.90 bits per heavy atom. The third kappa shape index (κ3) is 5.08. The van der Waals surface area contributed by atoms with Gasteiger partial charge in [-0.3, -0.25) is 4.79 Å². The van der Waals surface area contributed by atoms with E-state index >= 15 is 0 Å². The molecule has 0 aliphatic rings. The average molecular weight is 465 g/mol. The van der Waals surface area contributed by atoms with E-state index in [4.69, 9.17) is 0 Å². The summed E-state index contributed by atoms with van der Waals surface area (Å²) < 4.78 is 42.3. The lowest BCUT2D eigenvalue weighted by Gasteiger charge is -2.18. The summed E-state index contributed by atoms with van der Waals surface area (Å²) in [5.74, 6) is -0.617. The Morgan fingerprint density at radius 3 is 2.55 bits per heavy atom. The minimum Gasteiger partial charge on any atom is -0.325 e. The van der Waals surface area contributed by atoms with Crippen LogP contribution in [-0.2, 0) is 21.4 Å². The number of fused-ring (bicyclic) bond motifs is 1. The smallest absolute Gasteiger partial charge is 0.243 e. The van der Waals surface area contributed by atoms with Crippen molar-refractivity contribution in [2.75, 3.05) is 24.2 Å². The SMILES string of the molecule is CCN(CC)S(=O)(=O)c1ccc2c(c1)nc(SCC(=O)Nc1cccc(F)c1)n2CC. The average Bonchev–Trinajstić information content (AvgIpc) is 3.09.